The highest BCUT2D eigenvalue weighted by Crippen LogP contribution is 2.23. The zero-order chi connectivity index (χ0) is 21.9. The van der Waals surface area contributed by atoms with Crippen molar-refractivity contribution in [3.05, 3.63) is 54.1 Å². The normalized spacial score (nSPS) is 19.7. The van der Waals surface area contributed by atoms with Crippen LogP contribution in [0.3, 0.4) is 0 Å². The second-order valence-electron chi connectivity index (χ2n) is 7.96. The number of hydrogen-bond donors (Lipinski definition) is 2. The topological polar surface area (TPSA) is 87.7 Å². The maximum Gasteiger partial charge on any atom is 0.255 e. The molecular formula is C22H29N3O4S. The minimum absolute atomic E-state index is 0.131. The largest absolute Gasteiger partial charge is 0.372 e. The molecule has 0 aliphatic carbocycles. The third kappa shape index (κ3) is 5.59. The molecule has 0 radical (unpaired) electrons. The van der Waals surface area contributed by atoms with Gasteiger partial charge in [-0.25, -0.2) is 13.1 Å². The first-order chi connectivity index (χ1) is 14.1. The smallest absolute Gasteiger partial charge is 0.255 e. The molecule has 30 heavy (non-hydrogen) atoms. The van der Waals surface area contributed by atoms with Crippen molar-refractivity contribution in [2.75, 3.05) is 23.3 Å². The predicted octanol–water partition coefficient (Wildman–Crippen LogP) is 3.24. The Morgan fingerprint density at radius 1 is 1.00 bits per heavy atom. The van der Waals surface area contributed by atoms with E-state index < -0.39 is 10.0 Å². The number of carbonyl (C=O) groups excluding carboxylic acids is 1. The standard InChI is InChI=1S/C22H29N3O4S/c1-15(2)24-30(27,28)21-11-5-18(6-12-21)22(26)23-19-7-9-20(10-8-19)25-13-16(3)29-17(4)14-25/h5-12,15-17,24H,13-14H2,1-4H3,(H,23,26). The van der Waals surface area contributed by atoms with Gasteiger partial charge >= 0.3 is 0 Å². The molecule has 2 atom stereocenters. The Morgan fingerprint density at radius 3 is 2.10 bits per heavy atom. The fourth-order valence-corrected chi connectivity index (χ4v) is 4.76. The van der Waals surface area contributed by atoms with Gasteiger partial charge in [0.2, 0.25) is 10.0 Å². The number of morpholine rings is 1. The molecule has 2 N–H and O–H groups in total. The van der Waals surface area contributed by atoms with Crippen LogP contribution < -0.4 is 14.9 Å². The van der Waals surface area contributed by atoms with Gasteiger partial charge in [0.25, 0.3) is 5.91 Å². The molecule has 3 rings (SSSR count). The molecule has 0 aromatic heterocycles. The summed E-state index contributed by atoms with van der Waals surface area (Å²) < 4.78 is 32.7. The minimum Gasteiger partial charge on any atom is -0.372 e. The number of nitrogens with zero attached hydrogens (tertiary/aromatic N) is 1. The van der Waals surface area contributed by atoms with Gasteiger partial charge in [-0.3, -0.25) is 4.79 Å². The van der Waals surface area contributed by atoms with Crippen molar-refractivity contribution >= 4 is 27.3 Å². The summed E-state index contributed by atoms with van der Waals surface area (Å²) in [6.07, 6.45) is 0.353. The van der Waals surface area contributed by atoms with Crippen LogP contribution in [-0.4, -0.2) is 45.7 Å². The molecule has 0 saturated carbocycles. The molecule has 162 valence electrons. The van der Waals surface area contributed by atoms with Crippen LogP contribution in [0, 0.1) is 0 Å². The van der Waals surface area contributed by atoms with Gasteiger partial charge in [-0.2, -0.15) is 0 Å². The van der Waals surface area contributed by atoms with Crippen LogP contribution in [0.5, 0.6) is 0 Å². The molecular weight excluding hydrogens is 402 g/mol. The number of anilines is 2. The SMILES string of the molecule is CC(C)NS(=O)(=O)c1ccc(C(=O)Nc2ccc(N3CC(C)OC(C)C3)cc2)cc1. The van der Waals surface area contributed by atoms with Gasteiger partial charge < -0.3 is 15.0 Å². The fourth-order valence-electron chi connectivity index (χ4n) is 3.51. The number of ether oxygens (including phenoxy) is 1. The monoisotopic (exact) mass is 431 g/mol. The maximum absolute atomic E-state index is 12.5. The van der Waals surface area contributed by atoms with Crippen molar-refractivity contribution in [3.63, 3.8) is 0 Å². The van der Waals surface area contributed by atoms with Crippen LogP contribution in [-0.2, 0) is 14.8 Å². The van der Waals surface area contributed by atoms with E-state index in [0.29, 0.717) is 11.3 Å². The predicted molar refractivity (Wildman–Crippen MR) is 119 cm³/mol. The summed E-state index contributed by atoms with van der Waals surface area (Å²) in [5, 5.41) is 2.85. The molecule has 2 aromatic carbocycles. The fraction of sp³-hybridized carbons (Fsp3) is 0.409. The Hall–Kier alpha value is -2.42. The van der Waals surface area contributed by atoms with E-state index in [1.165, 1.54) is 24.3 Å². The molecule has 1 fully saturated rings. The lowest BCUT2D eigenvalue weighted by atomic mass is 10.1. The van der Waals surface area contributed by atoms with Crippen molar-refractivity contribution in [2.24, 2.45) is 0 Å². The van der Waals surface area contributed by atoms with E-state index >= 15 is 0 Å². The molecule has 0 spiro atoms. The summed E-state index contributed by atoms with van der Waals surface area (Å²) in [6, 6.07) is 13.4. The number of nitrogens with one attached hydrogen (secondary N) is 2. The average molecular weight is 432 g/mol. The Labute approximate surface area is 178 Å². The number of benzene rings is 2. The maximum atomic E-state index is 12.5. The molecule has 8 heteroatoms. The van der Waals surface area contributed by atoms with E-state index in [2.05, 4.69) is 28.8 Å². The molecule has 1 amide bonds. The molecule has 1 aliphatic rings. The number of sulfonamides is 1. The quantitative estimate of drug-likeness (QED) is 0.733. The van der Waals surface area contributed by atoms with Crippen LogP contribution in [0.2, 0.25) is 0 Å². The highest BCUT2D eigenvalue weighted by molar-refractivity contribution is 7.89. The van der Waals surface area contributed by atoms with Crippen molar-refractivity contribution in [3.8, 4) is 0 Å². The summed E-state index contributed by atoms with van der Waals surface area (Å²) in [6.45, 7) is 9.29. The second-order valence-corrected chi connectivity index (χ2v) is 9.68. The van der Waals surface area contributed by atoms with E-state index in [1.807, 2.05) is 24.3 Å². The van der Waals surface area contributed by atoms with E-state index in [1.54, 1.807) is 13.8 Å². The molecule has 2 aromatic rings. The Morgan fingerprint density at radius 2 is 1.57 bits per heavy atom. The lowest BCUT2D eigenvalue weighted by Gasteiger charge is -2.36. The third-order valence-electron chi connectivity index (χ3n) is 4.73. The average Bonchev–Trinajstić information content (AvgIpc) is 2.67. The van der Waals surface area contributed by atoms with E-state index in [-0.39, 0.29) is 29.1 Å². The number of rotatable bonds is 6. The van der Waals surface area contributed by atoms with E-state index in [0.717, 1.165) is 18.8 Å². The summed E-state index contributed by atoms with van der Waals surface area (Å²) in [7, 11) is -3.58. The first kappa shape index (κ1) is 22.3. The summed E-state index contributed by atoms with van der Waals surface area (Å²) in [4.78, 5) is 14.9. The van der Waals surface area contributed by atoms with Gasteiger partial charge in [-0.15, -0.1) is 0 Å². The van der Waals surface area contributed by atoms with Gasteiger partial charge in [-0.05, 0) is 76.2 Å². The lowest BCUT2D eigenvalue weighted by Crippen LogP contribution is -2.45. The van der Waals surface area contributed by atoms with E-state index in [9.17, 15) is 13.2 Å². The highest BCUT2D eigenvalue weighted by atomic mass is 32.2. The molecule has 2 unspecified atom stereocenters. The van der Waals surface area contributed by atoms with Crippen LogP contribution in [0.25, 0.3) is 0 Å². The molecule has 1 aliphatic heterocycles. The summed E-state index contributed by atoms with van der Waals surface area (Å²) in [5.41, 5.74) is 2.15. The van der Waals surface area contributed by atoms with Crippen LogP contribution in [0.15, 0.2) is 53.4 Å². The van der Waals surface area contributed by atoms with Crippen molar-refractivity contribution in [1.29, 1.82) is 0 Å². The number of hydrogen-bond acceptors (Lipinski definition) is 5. The van der Waals surface area contributed by atoms with Gasteiger partial charge in [0.1, 0.15) is 0 Å². The van der Waals surface area contributed by atoms with Crippen molar-refractivity contribution < 1.29 is 17.9 Å². The Bertz CT molecular complexity index is 962. The molecule has 1 heterocycles. The van der Waals surface area contributed by atoms with E-state index in [4.69, 9.17) is 4.74 Å². The van der Waals surface area contributed by atoms with Crippen LogP contribution in [0.4, 0.5) is 11.4 Å². The van der Waals surface area contributed by atoms with Gasteiger partial charge in [0.05, 0.1) is 17.1 Å². The first-order valence-electron chi connectivity index (χ1n) is 10.1. The second kappa shape index (κ2) is 9.16. The Balaban J connectivity index is 1.64. The third-order valence-corrected chi connectivity index (χ3v) is 6.40. The van der Waals surface area contributed by atoms with Crippen molar-refractivity contribution in [1.82, 2.24) is 4.72 Å². The van der Waals surface area contributed by atoms with Gasteiger partial charge in [0, 0.05) is 36.1 Å². The molecule has 1 saturated heterocycles. The summed E-state index contributed by atoms with van der Waals surface area (Å²) >= 11 is 0. The Kier molecular flexibility index (Phi) is 6.80. The highest BCUT2D eigenvalue weighted by Gasteiger charge is 2.22. The first-order valence-corrected chi connectivity index (χ1v) is 11.6. The lowest BCUT2D eigenvalue weighted by molar-refractivity contribution is -0.00521. The van der Waals surface area contributed by atoms with Crippen LogP contribution >= 0.6 is 0 Å². The number of amides is 1. The molecule has 0 bridgehead atoms. The zero-order valence-corrected chi connectivity index (χ0v) is 18.6. The zero-order valence-electron chi connectivity index (χ0n) is 17.8. The molecule has 7 nitrogen and oxygen atoms in total. The minimum atomic E-state index is -3.58. The van der Waals surface area contributed by atoms with Gasteiger partial charge in [-0.1, -0.05) is 0 Å². The van der Waals surface area contributed by atoms with Crippen LogP contribution in [0.1, 0.15) is 38.1 Å². The van der Waals surface area contributed by atoms with Crippen molar-refractivity contribution in [2.45, 2.75) is 50.8 Å². The number of carbonyl (C=O) groups is 1. The summed E-state index contributed by atoms with van der Waals surface area (Å²) in [5.74, 6) is -0.294. The van der Waals surface area contributed by atoms with Gasteiger partial charge in [0.15, 0.2) is 0 Å².